The van der Waals surface area contributed by atoms with Gasteiger partial charge >= 0.3 is 0 Å². The summed E-state index contributed by atoms with van der Waals surface area (Å²) in [5.41, 5.74) is 1.75. The summed E-state index contributed by atoms with van der Waals surface area (Å²) >= 11 is 0. The third-order valence-corrected chi connectivity index (χ3v) is 3.52. The fourth-order valence-electron chi connectivity index (χ4n) is 2.18. The van der Waals surface area contributed by atoms with Crippen molar-refractivity contribution in [3.63, 3.8) is 0 Å². The number of Topliss-reactive ketones (excluding diaryl/α,β-unsaturated/α-hetero) is 1. The van der Waals surface area contributed by atoms with Crippen LogP contribution in [0.3, 0.4) is 0 Å². The van der Waals surface area contributed by atoms with Crippen LogP contribution in [0, 0.1) is 13.8 Å². The molecule has 1 amide bonds. The van der Waals surface area contributed by atoms with Crippen LogP contribution >= 0.6 is 0 Å². The topological polar surface area (TPSA) is 59.3 Å². The maximum absolute atomic E-state index is 12.0. The highest BCUT2D eigenvalue weighted by atomic mass is 16.3. The molecule has 1 aromatic carbocycles. The number of carbonyl (C=O) groups excluding carboxylic acids is 2. The van der Waals surface area contributed by atoms with E-state index in [0.29, 0.717) is 5.56 Å². The van der Waals surface area contributed by atoms with Crippen molar-refractivity contribution in [2.75, 3.05) is 0 Å². The Bertz CT molecular complexity index is 655. The smallest absolute Gasteiger partial charge is 0.221 e. The van der Waals surface area contributed by atoms with E-state index >= 15 is 0 Å². The van der Waals surface area contributed by atoms with Gasteiger partial charge in [-0.3, -0.25) is 9.59 Å². The van der Waals surface area contributed by atoms with Gasteiger partial charge in [0.15, 0.2) is 5.78 Å². The molecule has 1 N–H and O–H groups in total. The normalized spacial score (nSPS) is 12.0. The van der Waals surface area contributed by atoms with Gasteiger partial charge in [0.1, 0.15) is 11.5 Å². The Hall–Kier alpha value is -2.36. The van der Waals surface area contributed by atoms with Crippen molar-refractivity contribution in [3.8, 4) is 0 Å². The van der Waals surface area contributed by atoms with E-state index in [1.807, 2.05) is 45.0 Å². The lowest BCUT2D eigenvalue weighted by molar-refractivity contribution is -0.121. The fourth-order valence-corrected chi connectivity index (χ4v) is 2.18. The van der Waals surface area contributed by atoms with Crippen molar-refractivity contribution in [3.05, 3.63) is 59.0 Å². The van der Waals surface area contributed by atoms with Crippen LogP contribution in [0.25, 0.3) is 0 Å². The van der Waals surface area contributed by atoms with E-state index in [9.17, 15) is 9.59 Å². The van der Waals surface area contributed by atoms with Crippen LogP contribution in [0.15, 0.2) is 40.8 Å². The Labute approximate surface area is 130 Å². The summed E-state index contributed by atoms with van der Waals surface area (Å²) in [6.07, 6.45) is 0.384. The van der Waals surface area contributed by atoms with E-state index in [2.05, 4.69) is 5.32 Å². The molecule has 1 heterocycles. The lowest BCUT2D eigenvalue weighted by Crippen LogP contribution is -2.26. The molecule has 0 saturated heterocycles. The Morgan fingerprint density at radius 1 is 1.05 bits per heavy atom. The summed E-state index contributed by atoms with van der Waals surface area (Å²) in [7, 11) is 0. The van der Waals surface area contributed by atoms with Crippen LogP contribution in [0.4, 0.5) is 0 Å². The molecule has 4 heteroatoms. The number of rotatable bonds is 6. The molecule has 1 atom stereocenters. The minimum atomic E-state index is -0.198. The number of nitrogens with one attached hydrogen (secondary N) is 1. The Kier molecular flexibility index (Phi) is 5.15. The molecule has 4 nitrogen and oxygen atoms in total. The molecule has 0 saturated carbocycles. The molecule has 0 aliphatic heterocycles. The second-order valence-corrected chi connectivity index (χ2v) is 5.53. The number of ketones is 1. The van der Waals surface area contributed by atoms with E-state index < -0.39 is 0 Å². The first-order chi connectivity index (χ1) is 10.5. The van der Waals surface area contributed by atoms with E-state index in [1.165, 1.54) is 0 Å². The number of carbonyl (C=O) groups is 2. The summed E-state index contributed by atoms with van der Waals surface area (Å²) in [6.45, 7) is 5.69. The molecule has 0 spiro atoms. The monoisotopic (exact) mass is 299 g/mol. The maximum Gasteiger partial charge on any atom is 0.221 e. The zero-order valence-electron chi connectivity index (χ0n) is 13.2. The summed E-state index contributed by atoms with van der Waals surface area (Å²) < 4.78 is 5.47. The summed E-state index contributed by atoms with van der Waals surface area (Å²) in [5.74, 6) is 1.36. The number of benzene rings is 1. The third kappa shape index (κ3) is 4.32. The van der Waals surface area contributed by atoms with Crippen molar-refractivity contribution in [1.82, 2.24) is 5.32 Å². The highest BCUT2D eigenvalue weighted by Crippen LogP contribution is 2.16. The number of hydrogen-bond acceptors (Lipinski definition) is 3. The van der Waals surface area contributed by atoms with Gasteiger partial charge in [0, 0.05) is 18.4 Å². The second-order valence-electron chi connectivity index (χ2n) is 5.53. The second kappa shape index (κ2) is 7.07. The van der Waals surface area contributed by atoms with Gasteiger partial charge in [0.05, 0.1) is 6.04 Å². The molecule has 2 rings (SSSR count). The molecule has 0 fully saturated rings. The molecule has 2 aromatic rings. The van der Waals surface area contributed by atoms with Crippen LogP contribution in [0.1, 0.15) is 53.2 Å². The minimum Gasteiger partial charge on any atom is -0.464 e. The average Bonchev–Trinajstić information content (AvgIpc) is 2.92. The van der Waals surface area contributed by atoms with Crippen LogP contribution in [0.2, 0.25) is 0 Å². The van der Waals surface area contributed by atoms with E-state index in [4.69, 9.17) is 4.42 Å². The highest BCUT2D eigenvalue weighted by molar-refractivity contribution is 5.97. The Morgan fingerprint density at radius 3 is 2.32 bits per heavy atom. The first kappa shape index (κ1) is 16.0. The molecule has 1 aromatic heterocycles. The highest BCUT2D eigenvalue weighted by Gasteiger charge is 2.14. The quantitative estimate of drug-likeness (QED) is 0.827. The summed E-state index contributed by atoms with van der Waals surface area (Å²) in [5, 5.41) is 2.84. The summed E-state index contributed by atoms with van der Waals surface area (Å²) in [6, 6.07) is 10.9. The van der Waals surface area contributed by atoms with E-state index in [0.717, 1.165) is 17.1 Å². The number of furan rings is 1. The molecule has 22 heavy (non-hydrogen) atoms. The number of amides is 1. The van der Waals surface area contributed by atoms with Gasteiger partial charge in [-0.2, -0.15) is 0 Å². The van der Waals surface area contributed by atoms with Crippen LogP contribution in [-0.4, -0.2) is 11.7 Å². The number of hydrogen-bond donors (Lipinski definition) is 1. The van der Waals surface area contributed by atoms with Crippen LogP contribution in [0.5, 0.6) is 0 Å². The van der Waals surface area contributed by atoms with Gasteiger partial charge in [-0.15, -0.1) is 0 Å². The average molecular weight is 299 g/mol. The van der Waals surface area contributed by atoms with Gasteiger partial charge in [-0.1, -0.05) is 29.8 Å². The molecular weight excluding hydrogens is 278 g/mol. The van der Waals surface area contributed by atoms with Crippen molar-refractivity contribution in [1.29, 1.82) is 0 Å². The molecule has 0 radical (unpaired) electrons. The van der Waals surface area contributed by atoms with Crippen LogP contribution in [-0.2, 0) is 4.79 Å². The van der Waals surface area contributed by atoms with Gasteiger partial charge < -0.3 is 9.73 Å². The van der Waals surface area contributed by atoms with Gasteiger partial charge in [0.25, 0.3) is 0 Å². The van der Waals surface area contributed by atoms with E-state index in [-0.39, 0.29) is 30.6 Å². The molecule has 0 aliphatic carbocycles. The van der Waals surface area contributed by atoms with Gasteiger partial charge in [-0.05, 0) is 32.9 Å². The largest absolute Gasteiger partial charge is 0.464 e. The lowest BCUT2D eigenvalue weighted by Gasteiger charge is -2.11. The van der Waals surface area contributed by atoms with E-state index in [1.54, 1.807) is 12.1 Å². The fraction of sp³-hybridized carbons (Fsp3) is 0.333. The lowest BCUT2D eigenvalue weighted by atomic mass is 10.0. The van der Waals surface area contributed by atoms with Crippen LogP contribution < -0.4 is 5.32 Å². The summed E-state index contributed by atoms with van der Waals surface area (Å²) in [4.78, 5) is 23.9. The molecule has 0 bridgehead atoms. The zero-order chi connectivity index (χ0) is 16.1. The minimum absolute atomic E-state index is 0.0170. The maximum atomic E-state index is 12.0. The molecular formula is C18H21NO3. The Morgan fingerprint density at radius 2 is 1.73 bits per heavy atom. The first-order valence-corrected chi connectivity index (χ1v) is 7.41. The standard InChI is InChI=1S/C18H21NO3/c1-12-4-7-15(8-5-12)16(20)9-11-18(21)19-14(3)17-10-6-13(2)22-17/h4-8,10,14H,9,11H2,1-3H3,(H,19,21). The molecule has 0 aliphatic rings. The van der Waals surface area contributed by atoms with Crippen molar-refractivity contribution in [2.24, 2.45) is 0 Å². The van der Waals surface area contributed by atoms with Gasteiger partial charge in [-0.25, -0.2) is 0 Å². The van der Waals surface area contributed by atoms with Crippen molar-refractivity contribution < 1.29 is 14.0 Å². The van der Waals surface area contributed by atoms with Gasteiger partial charge in [0.2, 0.25) is 5.91 Å². The van der Waals surface area contributed by atoms with Crippen molar-refractivity contribution >= 4 is 11.7 Å². The van der Waals surface area contributed by atoms with Crippen molar-refractivity contribution in [2.45, 2.75) is 39.7 Å². The predicted molar refractivity (Wildman–Crippen MR) is 84.7 cm³/mol. The molecule has 1 unspecified atom stereocenters. The first-order valence-electron chi connectivity index (χ1n) is 7.41. The third-order valence-electron chi connectivity index (χ3n) is 3.52. The zero-order valence-corrected chi connectivity index (χ0v) is 13.2. The Balaban J connectivity index is 1.82. The number of aryl methyl sites for hydroxylation is 2. The molecule has 116 valence electrons. The predicted octanol–water partition coefficient (Wildman–Crippen LogP) is 3.74. The SMILES string of the molecule is Cc1ccc(C(=O)CCC(=O)NC(C)c2ccc(C)o2)cc1.